The lowest BCUT2D eigenvalue weighted by Gasteiger charge is -2.20. The molecule has 1 aliphatic rings. The summed E-state index contributed by atoms with van der Waals surface area (Å²) in [5.41, 5.74) is 4.47. The highest BCUT2D eigenvalue weighted by Crippen LogP contribution is 2.46. The number of amides is 1. The van der Waals surface area contributed by atoms with Crippen LogP contribution >= 0.6 is 11.3 Å². The van der Waals surface area contributed by atoms with Crippen LogP contribution in [0.3, 0.4) is 0 Å². The van der Waals surface area contributed by atoms with E-state index in [4.69, 9.17) is 5.73 Å². The molecule has 4 aromatic rings. The van der Waals surface area contributed by atoms with Crippen molar-refractivity contribution in [1.82, 2.24) is 29.7 Å². The number of carbonyl (C=O) groups is 2. The topological polar surface area (TPSA) is 162 Å². The monoisotopic (exact) mass is 578 g/mol. The van der Waals surface area contributed by atoms with E-state index < -0.39 is 47.7 Å². The van der Waals surface area contributed by atoms with Crippen molar-refractivity contribution in [3.8, 4) is 11.5 Å². The molecule has 4 N–H and O–H groups in total. The summed E-state index contributed by atoms with van der Waals surface area (Å²) in [6.45, 7) is 4.14. The van der Waals surface area contributed by atoms with Crippen LogP contribution in [0.15, 0.2) is 17.6 Å². The molecular weight excluding hydrogens is 556 g/mol. The van der Waals surface area contributed by atoms with Crippen molar-refractivity contribution in [1.29, 1.82) is 0 Å². The van der Waals surface area contributed by atoms with Crippen LogP contribution in [-0.4, -0.2) is 52.9 Å². The molecule has 210 valence electrons. The van der Waals surface area contributed by atoms with Gasteiger partial charge in [-0.1, -0.05) is 0 Å². The number of rotatable bonds is 7. The van der Waals surface area contributed by atoms with Gasteiger partial charge in [-0.15, -0.1) is 11.3 Å². The van der Waals surface area contributed by atoms with Gasteiger partial charge in [-0.25, -0.2) is 29.0 Å². The summed E-state index contributed by atoms with van der Waals surface area (Å²) in [7, 11) is 0. The maximum absolute atomic E-state index is 14.1. The van der Waals surface area contributed by atoms with Gasteiger partial charge in [0.2, 0.25) is 5.91 Å². The predicted octanol–water partition coefficient (Wildman–Crippen LogP) is 3.93. The summed E-state index contributed by atoms with van der Waals surface area (Å²) >= 11 is 1.16. The number of hydrogen-bond acceptors (Lipinski definition) is 9. The number of carbonyl (C=O) groups excluding carboxylic acids is 1. The van der Waals surface area contributed by atoms with Crippen molar-refractivity contribution < 1.29 is 32.3 Å². The van der Waals surface area contributed by atoms with Crippen molar-refractivity contribution in [3.05, 3.63) is 39.7 Å². The Balaban J connectivity index is 1.57. The first kappa shape index (κ1) is 27.4. The van der Waals surface area contributed by atoms with Crippen LogP contribution in [0.5, 0.6) is 0 Å². The van der Waals surface area contributed by atoms with Crippen molar-refractivity contribution in [3.63, 3.8) is 0 Å². The number of anilines is 2. The number of nitrogens with zero attached hydrogens (tertiary/aromatic N) is 6. The van der Waals surface area contributed by atoms with E-state index in [0.717, 1.165) is 28.3 Å². The molecule has 5 heterocycles. The molecule has 5 rings (SSSR count). The number of nitrogen functional groups attached to an aromatic ring is 1. The van der Waals surface area contributed by atoms with E-state index in [0.29, 0.717) is 10.7 Å². The van der Waals surface area contributed by atoms with E-state index in [2.05, 4.69) is 30.4 Å². The van der Waals surface area contributed by atoms with Crippen LogP contribution < -0.4 is 11.1 Å². The van der Waals surface area contributed by atoms with Gasteiger partial charge >= 0.3 is 12.1 Å². The van der Waals surface area contributed by atoms with Crippen LogP contribution in [0.2, 0.25) is 0 Å². The van der Waals surface area contributed by atoms with Gasteiger partial charge in [0.05, 0.1) is 41.2 Å². The number of aryl methyl sites for hydroxylation is 1. The average molecular weight is 579 g/mol. The number of pyridine rings is 1. The van der Waals surface area contributed by atoms with Crippen molar-refractivity contribution in [2.24, 2.45) is 5.41 Å². The van der Waals surface area contributed by atoms with Gasteiger partial charge in [-0.2, -0.15) is 18.3 Å². The van der Waals surface area contributed by atoms with E-state index in [-0.39, 0.29) is 46.2 Å². The fraction of sp³-hybridized carbons (Fsp3) is 0.375. The van der Waals surface area contributed by atoms with Gasteiger partial charge < -0.3 is 16.2 Å². The number of hydrogen-bond donors (Lipinski definition) is 3. The Labute approximate surface area is 227 Å². The third-order valence-electron chi connectivity index (χ3n) is 6.68. The highest BCUT2D eigenvalue weighted by molar-refractivity contribution is 7.10. The summed E-state index contributed by atoms with van der Waals surface area (Å²) < 4.78 is 53.7. The van der Waals surface area contributed by atoms with Crippen LogP contribution in [0.1, 0.15) is 43.5 Å². The Kier molecular flexibility index (Phi) is 6.28. The minimum absolute atomic E-state index is 0.00297. The SMILES string of the molecule is CC(C)(Cc1csc([C@]2(C)C(=O)Nc3nc(-c4nn(CCC(F)(F)F)c5ncc(F)cc45)nc(N)c32)n1)C(=O)O. The number of carboxylic acids is 1. The van der Waals surface area contributed by atoms with E-state index in [9.17, 15) is 32.3 Å². The Morgan fingerprint density at radius 3 is 2.65 bits per heavy atom. The maximum Gasteiger partial charge on any atom is 0.390 e. The summed E-state index contributed by atoms with van der Waals surface area (Å²) in [5, 5.41) is 18.4. The molecule has 0 fully saturated rings. The average Bonchev–Trinajstić information content (AvgIpc) is 3.52. The highest BCUT2D eigenvalue weighted by atomic mass is 32.1. The number of alkyl halides is 3. The lowest BCUT2D eigenvalue weighted by atomic mass is 9.85. The first-order chi connectivity index (χ1) is 18.6. The fourth-order valence-corrected chi connectivity index (χ4v) is 5.44. The molecule has 0 bridgehead atoms. The second-order valence-corrected chi connectivity index (χ2v) is 11.1. The predicted molar refractivity (Wildman–Crippen MR) is 136 cm³/mol. The highest BCUT2D eigenvalue weighted by Gasteiger charge is 2.50. The van der Waals surface area contributed by atoms with Crippen LogP contribution in [0.4, 0.5) is 29.2 Å². The fourth-order valence-electron chi connectivity index (χ4n) is 4.45. The van der Waals surface area contributed by atoms with Gasteiger partial charge in [0.15, 0.2) is 11.5 Å². The molecule has 0 radical (unpaired) electrons. The molecule has 1 atom stereocenters. The molecule has 0 unspecified atom stereocenters. The minimum Gasteiger partial charge on any atom is -0.481 e. The number of aromatic nitrogens is 6. The third-order valence-corrected chi connectivity index (χ3v) is 7.79. The number of nitrogens with two attached hydrogens (primary N) is 1. The molecule has 0 aliphatic carbocycles. The van der Waals surface area contributed by atoms with Gasteiger partial charge in [0.25, 0.3) is 0 Å². The van der Waals surface area contributed by atoms with Crippen LogP contribution in [0, 0.1) is 11.2 Å². The summed E-state index contributed by atoms with van der Waals surface area (Å²) in [6.07, 6.45) is -4.66. The Hall–Kier alpha value is -4.21. The van der Waals surface area contributed by atoms with E-state index in [1.54, 1.807) is 26.2 Å². The van der Waals surface area contributed by atoms with Crippen molar-refractivity contribution >= 4 is 45.9 Å². The first-order valence-electron chi connectivity index (χ1n) is 11.9. The quantitative estimate of drug-likeness (QED) is 0.276. The molecule has 0 saturated carbocycles. The van der Waals surface area contributed by atoms with Gasteiger partial charge in [-0.05, 0) is 26.8 Å². The summed E-state index contributed by atoms with van der Waals surface area (Å²) in [5.74, 6) is -2.47. The van der Waals surface area contributed by atoms with E-state index in [1.165, 1.54) is 0 Å². The first-order valence-corrected chi connectivity index (χ1v) is 12.7. The van der Waals surface area contributed by atoms with Gasteiger partial charge in [-0.3, -0.25) is 9.59 Å². The Morgan fingerprint density at radius 2 is 1.98 bits per heavy atom. The smallest absolute Gasteiger partial charge is 0.390 e. The lowest BCUT2D eigenvalue weighted by Crippen LogP contribution is -2.33. The number of halogens is 4. The van der Waals surface area contributed by atoms with Crippen molar-refractivity contribution in [2.45, 2.75) is 51.7 Å². The Morgan fingerprint density at radius 1 is 1.25 bits per heavy atom. The molecule has 1 aliphatic heterocycles. The van der Waals surface area contributed by atoms with Crippen molar-refractivity contribution in [2.75, 3.05) is 11.1 Å². The minimum atomic E-state index is -4.46. The zero-order valence-corrected chi connectivity index (χ0v) is 22.1. The number of nitrogens with one attached hydrogen (secondary N) is 1. The van der Waals surface area contributed by atoms with E-state index >= 15 is 0 Å². The summed E-state index contributed by atoms with van der Waals surface area (Å²) in [4.78, 5) is 41.9. The zero-order chi connectivity index (χ0) is 29.2. The molecule has 40 heavy (non-hydrogen) atoms. The van der Waals surface area contributed by atoms with Gasteiger partial charge in [0.1, 0.15) is 33.6 Å². The molecule has 16 heteroatoms. The standard InChI is InChI=1S/C24H22F4N8O3S/c1-22(2,21(38)39)7-11-9-40-20(31-11)23(3)13-15(29)32-17(33-16(13)34-19(23)37)14-12-6-10(25)8-30-18(12)36(35-14)5-4-24(26,27)28/h6,8-9H,4-5,7H2,1-3H3,(H,38,39)(H3,29,32,33,34,37)/t23-/m0/s1. The third kappa shape index (κ3) is 4.61. The lowest BCUT2D eigenvalue weighted by molar-refractivity contribution is -0.146. The molecule has 1 amide bonds. The molecule has 11 nitrogen and oxygen atoms in total. The van der Waals surface area contributed by atoms with Crippen LogP contribution in [-0.2, 0) is 28.0 Å². The zero-order valence-electron chi connectivity index (χ0n) is 21.3. The molecule has 0 aromatic carbocycles. The second-order valence-electron chi connectivity index (χ2n) is 10.2. The molecule has 0 spiro atoms. The maximum atomic E-state index is 14.1. The molecule has 4 aromatic heterocycles. The normalized spacial score (nSPS) is 17.3. The number of aliphatic carboxylic acids is 1. The summed E-state index contributed by atoms with van der Waals surface area (Å²) in [6, 6.07) is 1.06. The number of thiazole rings is 1. The van der Waals surface area contributed by atoms with Gasteiger partial charge in [0, 0.05) is 11.8 Å². The Bertz CT molecular complexity index is 1680. The number of carboxylic acid groups (broad SMARTS) is 1. The van der Waals surface area contributed by atoms with E-state index in [1.807, 2.05) is 0 Å². The second kappa shape index (κ2) is 9.18. The van der Waals surface area contributed by atoms with Crippen LogP contribution in [0.25, 0.3) is 22.6 Å². The largest absolute Gasteiger partial charge is 0.481 e. The molecular formula is C24H22F4N8O3S. The molecule has 0 saturated heterocycles. The number of fused-ring (bicyclic) bond motifs is 2.